The molecular formula is C18H21ClN2O4. The molecule has 2 aromatic rings. The quantitative estimate of drug-likeness (QED) is 0.732. The van der Waals surface area contributed by atoms with Crippen LogP contribution in [-0.4, -0.2) is 33.4 Å². The number of hydrogen-bond donors (Lipinski definition) is 2. The molecule has 6 nitrogen and oxygen atoms in total. The number of benzene rings is 2. The van der Waals surface area contributed by atoms with Gasteiger partial charge in [0, 0.05) is 16.8 Å². The lowest BCUT2D eigenvalue weighted by molar-refractivity contribution is 0.247. The Morgan fingerprint density at radius 3 is 2.44 bits per heavy atom. The molecule has 0 spiro atoms. The number of ether oxygens (including phenoxy) is 3. The molecule has 0 radical (unpaired) electrons. The summed E-state index contributed by atoms with van der Waals surface area (Å²) in [6.45, 7) is 2.63. The van der Waals surface area contributed by atoms with Gasteiger partial charge in [-0.2, -0.15) is 0 Å². The van der Waals surface area contributed by atoms with Crippen molar-refractivity contribution in [2.45, 2.75) is 6.92 Å². The number of methoxy groups -OCH3 is 2. The molecule has 0 aliphatic rings. The number of amides is 2. The minimum Gasteiger partial charge on any atom is -0.493 e. The van der Waals surface area contributed by atoms with Crippen LogP contribution in [0.15, 0.2) is 36.4 Å². The van der Waals surface area contributed by atoms with Crippen LogP contribution in [0.4, 0.5) is 10.5 Å². The smallest absolute Gasteiger partial charge is 0.319 e. The number of hydrogen-bond acceptors (Lipinski definition) is 4. The van der Waals surface area contributed by atoms with Crippen molar-refractivity contribution < 1.29 is 19.0 Å². The first-order valence-electron chi connectivity index (χ1n) is 7.69. The summed E-state index contributed by atoms with van der Waals surface area (Å²) in [5.74, 6) is 1.88. The van der Waals surface area contributed by atoms with Gasteiger partial charge >= 0.3 is 6.03 Å². The zero-order valence-electron chi connectivity index (χ0n) is 14.4. The third-order valence-corrected chi connectivity index (χ3v) is 3.66. The Balaban J connectivity index is 1.79. The van der Waals surface area contributed by atoms with Crippen LogP contribution in [0, 0.1) is 6.92 Å². The fourth-order valence-electron chi connectivity index (χ4n) is 2.19. The van der Waals surface area contributed by atoms with Crippen molar-refractivity contribution in [2.24, 2.45) is 0 Å². The zero-order chi connectivity index (χ0) is 18.2. The standard InChI is InChI=1S/C18H21ClN2O4/c1-12-10-13(19)4-6-15(12)25-9-8-20-18(22)21-14-5-7-16(23-2)17(11-14)24-3/h4-7,10-11H,8-9H2,1-3H3,(H2,20,21,22). The normalized spacial score (nSPS) is 10.1. The van der Waals surface area contributed by atoms with Gasteiger partial charge in [-0.1, -0.05) is 11.6 Å². The van der Waals surface area contributed by atoms with Gasteiger partial charge in [0.2, 0.25) is 0 Å². The molecule has 0 atom stereocenters. The highest BCUT2D eigenvalue weighted by Gasteiger charge is 2.07. The summed E-state index contributed by atoms with van der Waals surface area (Å²) in [6.07, 6.45) is 0. The van der Waals surface area contributed by atoms with Crippen LogP contribution in [0.25, 0.3) is 0 Å². The van der Waals surface area contributed by atoms with E-state index < -0.39 is 0 Å². The van der Waals surface area contributed by atoms with Crippen LogP contribution < -0.4 is 24.8 Å². The van der Waals surface area contributed by atoms with E-state index in [9.17, 15) is 4.79 Å². The van der Waals surface area contributed by atoms with Gasteiger partial charge in [0.1, 0.15) is 12.4 Å². The molecule has 0 aliphatic carbocycles. The van der Waals surface area contributed by atoms with Crippen LogP contribution >= 0.6 is 11.6 Å². The second-order valence-electron chi connectivity index (χ2n) is 5.21. The molecule has 0 unspecified atom stereocenters. The number of rotatable bonds is 7. The van der Waals surface area contributed by atoms with Crippen molar-refractivity contribution in [1.82, 2.24) is 5.32 Å². The van der Waals surface area contributed by atoms with Crippen molar-refractivity contribution in [3.8, 4) is 17.2 Å². The summed E-state index contributed by atoms with van der Waals surface area (Å²) < 4.78 is 16.0. The highest BCUT2D eigenvalue weighted by atomic mass is 35.5. The summed E-state index contributed by atoms with van der Waals surface area (Å²) in [5.41, 5.74) is 1.55. The molecule has 2 aromatic carbocycles. The SMILES string of the molecule is COc1ccc(NC(=O)NCCOc2ccc(Cl)cc2C)cc1OC. The molecule has 25 heavy (non-hydrogen) atoms. The maximum absolute atomic E-state index is 11.9. The molecule has 0 bridgehead atoms. The van der Waals surface area contributed by atoms with Gasteiger partial charge in [0.15, 0.2) is 11.5 Å². The summed E-state index contributed by atoms with van der Waals surface area (Å²) in [5, 5.41) is 6.12. The average molecular weight is 365 g/mol. The number of anilines is 1. The Kier molecular flexibility index (Phi) is 6.77. The predicted molar refractivity (Wildman–Crippen MR) is 98.3 cm³/mol. The summed E-state index contributed by atoms with van der Waals surface area (Å²) in [4.78, 5) is 11.9. The summed E-state index contributed by atoms with van der Waals surface area (Å²) >= 11 is 5.90. The van der Waals surface area contributed by atoms with Crippen LogP contribution in [0.5, 0.6) is 17.2 Å². The van der Waals surface area contributed by atoms with E-state index in [1.54, 1.807) is 37.4 Å². The van der Waals surface area contributed by atoms with Gasteiger partial charge in [-0.3, -0.25) is 0 Å². The second-order valence-corrected chi connectivity index (χ2v) is 5.65. The van der Waals surface area contributed by atoms with Crippen molar-refractivity contribution in [3.63, 3.8) is 0 Å². The Labute approximate surface area is 152 Å². The zero-order valence-corrected chi connectivity index (χ0v) is 15.1. The molecule has 0 saturated heterocycles. The molecule has 0 fully saturated rings. The van der Waals surface area contributed by atoms with Crippen LogP contribution in [0.1, 0.15) is 5.56 Å². The lowest BCUT2D eigenvalue weighted by Crippen LogP contribution is -2.32. The number of aryl methyl sites for hydroxylation is 1. The third-order valence-electron chi connectivity index (χ3n) is 3.42. The third kappa shape index (κ3) is 5.46. The number of nitrogens with one attached hydrogen (secondary N) is 2. The monoisotopic (exact) mass is 364 g/mol. The van der Waals surface area contributed by atoms with E-state index in [0.717, 1.165) is 11.3 Å². The first-order valence-corrected chi connectivity index (χ1v) is 8.07. The maximum Gasteiger partial charge on any atom is 0.319 e. The van der Waals surface area contributed by atoms with Gasteiger partial charge in [0.25, 0.3) is 0 Å². The van der Waals surface area contributed by atoms with Crippen LogP contribution in [0.3, 0.4) is 0 Å². The molecule has 2 N–H and O–H groups in total. The minimum absolute atomic E-state index is 0.330. The van der Waals surface area contributed by atoms with Gasteiger partial charge in [-0.15, -0.1) is 0 Å². The lowest BCUT2D eigenvalue weighted by atomic mass is 10.2. The summed E-state index contributed by atoms with van der Waals surface area (Å²) in [6, 6.07) is 10.2. The largest absolute Gasteiger partial charge is 0.493 e. The molecule has 0 saturated carbocycles. The first kappa shape index (κ1) is 18.7. The fraction of sp³-hybridized carbons (Fsp3) is 0.278. The first-order chi connectivity index (χ1) is 12.0. The van der Waals surface area contributed by atoms with Crippen molar-refractivity contribution in [3.05, 3.63) is 47.0 Å². The molecule has 0 aromatic heterocycles. The highest BCUT2D eigenvalue weighted by Crippen LogP contribution is 2.29. The molecule has 0 aliphatic heterocycles. The molecule has 0 heterocycles. The van der Waals surface area contributed by atoms with Gasteiger partial charge in [-0.05, 0) is 42.8 Å². The Hall–Kier alpha value is -2.60. The Bertz CT molecular complexity index is 737. The van der Waals surface area contributed by atoms with E-state index in [4.69, 9.17) is 25.8 Å². The molecule has 134 valence electrons. The van der Waals surface area contributed by atoms with E-state index >= 15 is 0 Å². The van der Waals surface area contributed by atoms with Crippen LogP contribution in [0.2, 0.25) is 5.02 Å². The average Bonchev–Trinajstić information content (AvgIpc) is 2.60. The highest BCUT2D eigenvalue weighted by molar-refractivity contribution is 6.30. The van der Waals surface area contributed by atoms with Crippen LogP contribution in [-0.2, 0) is 0 Å². The lowest BCUT2D eigenvalue weighted by Gasteiger charge is -2.12. The fourth-order valence-corrected chi connectivity index (χ4v) is 2.42. The number of halogens is 1. The topological polar surface area (TPSA) is 68.8 Å². The predicted octanol–water partition coefficient (Wildman–Crippen LogP) is 3.87. The minimum atomic E-state index is -0.330. The number of urea groups is 1. The van der Waals surface area contributed by atoms with E-state index in [1.165, 1.54) is 7.11 Å². The number of carbonyl (C=O) groups is 1. The van der Waals surface area contributed by atoms with Gasteiger partial charge < -0.3 is 24.8 Å². The van der Waals surface area contributed by atoms with E-state index in [-0.39, 0.29) is 6.03 Å². The molecule has 7 heteroatoms. The molecule has 2 amide bonds. The number of carbonyl (C=O) groups excluding carboxylic acids is 1. The van der Waals surface area contributed by atoms with E-state index in [0.29, 0.717) is 35.4 Å². The van der Waals surface area contributed by atoms with E-state index in [1.807, 2.05) is 13.0 Å². The van der Waals surface area contributed by atoms with Crippen molar-refractivity contribution in [1.29, 1.82) is 0 Å². The maximum atomic E-state index is 11.9. The second kappa shape index (κ2) is 9.03. The Morgan fingerprint density at radius 2 is 1.76 bits per heavy atom. The van der Waals surface area contributed by atoms with E-state index in [2.05, 4.69) is 10.6 Å². The van der Waals surface area contributed by atoms with Crippen molar-refractivity contribution >= 4 is 23.3 Å². The molecule has 2 rings (SSSR count). The van der Waals surface area contributed by atoms with Gasteiger partial charge in [-0.25, -0.2) is 4.79 Å². The van der Waals surface area contributed by atoms with Gasteiger partial charge in [0.05, 0.1) is 20.8 Å². The molecular weight excluding hydrogens is 344 g/mol. The summed E-state index contributed by atoms with van der Waals surface area (Å²) in [7, 11) is 3.10. The Morgan fingerprint density at radius 1 is 1.04 bits per heavy atom. The van der Waals surface area contributed by atoms with Crippen molar-refractivity contribution in [2.75, 3.05) is 32.7 Å².